The zero-order valence-corrected chi connectivity index (χ0v) is 11.5. The monoisotopic (exact) mass is 245 g/mol. The minimum absolute atomic E-state index is 0.159. The molecule has 0 radical (unpaired) electrons. The molecule has 0 aliphatic carbocycles. The number of carbonyl (C=O) groups excluding carboxylic acids is 1. The quantitative estimate of drug-likeness (QED) is 0.447. The Hall–Kier alpha value is -0.610. The molecule has 0 aromatic rings. The number of ether oxygens (including phenoxy) is 2. The topological polar surface area (TPSA) is 47.6 Å². The molecule has 1 unspecified atom stereocenters. The van der Waals surface area contributed by atoms with Crippen molar-refractivity contribution in [1.29, 1.82) is 0 Å². The Bertz CT molecular complexity index is 186. The molecule has 17 heavy (non-hydrogen) atoms. The maximum atomic E-state index is 11.5. The van der Waals surface area contributed by atoms with Gasteiger partial charge < -0.3 is 14.8 Å². The maximum absolute atomic E-state index is 11.5. The highest BCUT2D eigenvalue weighted by atomic mass is 16.5. The van der Waals surface area contributed by atoms with E-state index in [-0.39, 0.29) is 12.0 Å². The molecule has 102 valence electrons. The number of hydrogen-bond acceptors (Lipinski definition) is 4. The fourth-order valence-corrected chi connectivity index (χ4v) is 1.55. The lowest BCUT2D eigenvalue weighted by molar-refractivity contribution is -0.143. The van der Waals surface area contributed by atoms with Crippen LogP contribution in [0.3, 0.4) is 0 Å². The van der Waals surface area contributed by atoms with Crippen LogP contribution in [0.15, 0.2) is 0 Å². The third kappa shape index (κ3) is 9.12. The molecule has 1 N–H and O–H groups in total. The molecule has 0 rings (SSSR count). The summed E-state index contributed by atoms with van der Waals surface area (Å²) in [4.78, 5) is 11.5. The van der Waals surface area contributed by atoms with Gasteiger partial charge >= 0.3 is 5.97 Å². The molecular formula is C13H27NO3. The minimum Gasteiger partial charge on any atom is -0.468 e. The highest BCUT2D eigenvalue weighted by Gasteiger charge is 2.16. The SMILES string of the molecule is CCCCC(NCCCOCCC)C(=O)OC. The third-order valence-corrected chi connectivity index (χ3v) is 2.54. The number of carbonyl (C=O) groups is 1. The Balaban J connectivity index is 3.64. The van der Waals surface area contributed by atoms with Gasteiger partial charge in [0.15, 0.2) is 0 Å². The van der Waals surface area contributed by atoms with Crippen molar-refractivity contribution in [2.45, 2.75) is 52.0 Å². The Morgan fingerprint density at radius 1 is 1.18 bits per heavy atom. The number of methoxy groups -OCH3 is 1. The fourth-order valence-electron chi connectivity index (χ4n) is 1.55. The van der Waals surface area contributed by atoms with Gasteiger partial charge in [-0.15, -0.1) is 0 Å². The van der Waals surface area contributed by atoms with Crippen LogP contribution in [0.25, 0.3) is 0 Å². The second-order valence-corrected chi connectivity index (χ2v) is 4.14. The number of hydrogen-bond donors (Lipinski definition) is 1. The van der Waals surface area contributed by atoms with Crippen molar-refractivity contribution in [3.05, 3.63) is 0 Å². The van der Waals surface area contributed by atoms with E-state index < -0.39 is 0 Å². The Morgan fingerprint density at radius 3 is 2.53 bits per heavy atom. The fraction of sp³-hybridized carbons (Fsp3) is 0.923. The molecule has 0 aliphatic heterocycles. The summed E-state index contributed by atoms with van der Waals surface area (Å²) < 4.78 is 10.1. The highest BCUT2D eigenvalue weighted by molar-refractivity contribution is 5.75. The standard InChI is InChI=1S/C13H27NO3/c1-4-6-8-12(13(15)16-3)14-9-7-11-17-10-5-2/h12,14H,4-11H2,1-3H3. The van der Waals surface area contributed by atoms with Crippen LogP contribution in [0.4, 0.5) is 0 Å². The second kappa shape index (κ2) is 11.9. The zero-order chi connectivity index (χ0) is 12.9. The summed E-state index contributed by atoms with van der Waals surface area (Å²) in [6.45, 7) is 6.58. The molecule has 0 aliphatic rings. The Labute approximate surface area is 105 Å². The normalized spacial score (nSPS) is 12.4. The zero-order valence-electron chi connectivity index (χ0n) is 11.5. The first kappa shape index (κ1) is 16.4. The molecule has 4 nitrogen and oxygen atoms in total. The van der Waals surface area contributed by atoms with Crippen molar-refractivity contribution in [3.8, 4) is 0 Å². The van der Waals surface area contributed by atoms with Gasteiger partial charge in [0.25, 0.3) is 0 Å². The smallest absolute Gasteiger partial charge is 0.322 e. The molecule has 0 aromatic carbocycles. The first-order chi connectivity index (χ1) is 8.26. The summed E-state index contributed by atoms with van der Waals surface area (Å²) in [5, 5.41) is 3.23. The van der Waals surface area contributed by atoms with Crippen LogP contribution in [0.1, 0.15) is 46.0 Å². The molecule has 0 aromatic heterocycles. The van der Waals surface area contributed by atoms with Gasteiger partial charge in [0, 0.05) is 13.2 Å². The third-order valence-electron chi connectivity index (χ3n) is 2.54. The first-order valence-corrected chi connectivity index (χ1v) is 6.65. The van der Waals surface area contributed by atoms with Gasteiger partial charge in [0.05, 0.1) is 7.11 Å². The highest BCUT2D eigenvalue weighted by Crippen LogP contribution is 2.02. The molecule has 0 saturated heterocycles. The van der Waals surface area contributed by atoms with Crippen molar-refractivity contribution in [2.75, 3.05) is 26.9 Å². The van der Waals surface area contributed by atoms with Crippen molar-refractivity contribution >= 4 is 5.97 Å². The molecule has 4 heteroatoms. The number of nitrogens with one attached hydrogen (secondary N) is 1. The van der Waals surface area contributed by atoms with E-state index in [1.165, 1.54) is 7.11 Å². The predicted octanol–water partition coefficient (Wildman–Crippen LogP) is 2.12. The largest absolute Gasteiger partial charge is 0.468 e. The number of rotatable bonds is 11. The summed E-state index contributed by atoms with van der Waals surface area (Å²) in [5.41, 5.74) is 0. The van der Waals surface area contributed by atoms with Gasteiger partial charge in [-0.1, -0.05) is 26.7 Å². The van der Waals surface area contributed by atoms with E-state index in [0.29, 0.717) is 0 Å². The predicted molar refractivity (Wildman–Crippen MR) is 69.1 cm³/mol. The molecule has 0 spiro atoms. The maximum Gasteiger partial charge on any atom is 0.322 e. The van der Waals surface area contributed by atoms with Crippen LogP contribution >= 0.6 is 0 Å². The van der Waals surface area contributed by atoms with Crippen molar-refractivity contribution in [1.82, 2.24) is 5.32 Å². The molecule has 0 fully saturated rings. The molecule has 1 atom stereocenters. The van der Waals surface area contributed by atoms with Crippen molar-refractivity contribution < 1.29 is 14.3 Å². The lowest BCUT2D eigenvalue weighted by atomic mass is 10.1. The summed E-state index contributed by atoms with van der Waals surface area (Å²) in [7, 11) is 1.44. The molecular weight excluding hydrogens is 218 g/mol. The Kier molecular flexibility index (Phi) is 11.4. The van der Waals surface area contributed by atoms with Crippen LogP contribution in [0.5, 0.6) is 0 Å². The minimum atomic E-state index is -0.161. The summed E-state index contributed by atoms with van der Waals surface area (Å²) >= 11 is 0. The summed E-state index contributed by atoms with van der Waals surface area (Å²) in [6, 6.07) is -0.161. The Morgan fingerprint density at radius 2 is 1.94 bits per heavy atom. The number of esters is 1. The van der Waals surface area contributed by atoms with Gasteiger partial charge in [0.1, 0.15) is 6.04 Å². The van der Waals surface area contributed by atoms with E-state index in [1.807, 2.05) is 0 Å². The lowest BCUT2D eigenvalue weighted by Gasteiger charge is -2.15. The van der Waals surface area contributed by atoms with E-state index in [2.05, 4.69) is 19.2 Å². The number of unbranched alkanes of at least 4 members (excludes halogenated alkanes) is 1. The van der Waals surface area contributed by atoms with Crippen LogP contribution in [-0.4, -0.2) is 38.9 Å². The van der Waals surface area contributed by atoms with E-state index in [4.69, 9.17) is 9.47 Å². The van der Waals surface area contributed by atoms with Gasteiger partial charge in [0.2, 0.25) is 0 Å². The summed E-state index contributed by atoms with van der Waals surface area (Å²) in [5.74, 6) is -0.159. The van der Waals surface area contributed by atoms with Gasteiger partial charge in [-0.25, -0.2) is 0 Å². The molecule has 0 bridgehead atoms. The van der Waals surface area contributed by atoms with Crippen LogP contribution in [-0.2, 0) is 14.3 Å². The molecule has 0 heterocycles. The van der Waals surface area contributed by atoms with Gasteiger partial charge in [-0.05, 0) is 25.8 Å². The van der Waals surface area contributed by atoms with Gasteiger partial charge in [-0.3, -0.25) is 4.79 Å². The van der Waals surface area contributed by atoms with E-state index in [0.717, 1.165) is 51.9 Å². The van der Waals surface area contributed by atoms with Crippen LogP contribution in [0, 0.1) is 0 Å². The van der Waals surface area contributed by atoms with Gasteiger partial charge in [-0.2, -0.15) is 0 Å². The summed E-state index contributed by atoms with van der Waals surface area (Å²) in [6.07, 6.45) is 4.96. The van der Waals surface area contributed by atoms with Crippen LogP contribution < -0.4 is 5.32 Å². The van der Waals surface area contributed by atoms with Crippen molar-refractivity contribution in [2.24, 2.45) is 0 Å². The molecule has 0 amide bonds. The second-order valence-electron chi connectivity index (χ2n) is 4.14. The van der Waals surface area contributed by atoms with Crippen molar-refractivity contribution in [3.63, 3.8) is 0 Å². The first-order valence-electron chi connectivity index (χ1n) is 6.65. The van der Waals surface area contributed by atoms with Crippen LogP contribution in [0.2, 0.25) is 0 Å². The average molecular weight is 245 g/mol. The van der Waals surface area contributed by atoms with E-state index in [1.54, 1.807) is 0 Å². The van der Waals surface area contributed by atoms with E-state index >= 15 is 0 Å². The van der Waals surface area contributed by atoms with E-state index in [9.17, 15) is 4.79 Å². The molecule has 0 saturated carbocycles. The average Bonchev–Trinajstić information content (AvgIpc) is 2.36. The lowest BCUT2D eigenvalue weighted by Crippen LogP contribution is -2.38.